The number of nitrogens with two attached hydrogens (primary N) is 1. The predicted octanol–water partition coefficient (Wildman–Crippen LogP) is 3.12. The van der Waals surface area contributed by atoms with Crippen LogP contribution in [0.15, 0.2) is 18.2 Å². The molecule has 0 bridgehead atoms. The third-order valence-corrected chi connectivity index (χ3v) is 3.15. The standard InChI is InChI=1S/C14H13ClFN3/c1-3-7-19-12(4-2)18-13(14(19)17)9-5-6-10(15)11(16)8-9/h1,5-6,8H,4,7,17H2,2H3. The molecule has 5 heteroatoms. The first-order chi connectivity index (χ1) is 9.08. The summed E-state index contributed by atoms with van der Waals surface area (Å²) >= 11 is 5.66. The largest absolute Gasteiger partial charge is 0.383 e. The lowest BCUT2D eigenvalue weighted by Gasteiger charge is -2.04. The van der Waals surface area contributed by atoms with Gasteiger partial charge in [0.1, 0.15) is 23.2 Å². The molecule has 3 nitrogen and oxygen atoms in total. The van der Waals surface area contributed by atoms with Gasteiger partial charge in [-0.2, -0.15) is 0 Å². The highest BCUT2D eigenvalue weighted by atomic mass is 35.5. The van der Waals surface area contributed by atoms with Gasteiger partial charge in [-0.15, -0.1) is 6.42 Å². The molecular weight excluding hydrogens is 265 g/mol. The number of nitrogens with zero attached hydrogens (tertiary/aromatic N) is 2. The molecule has 1 aromatic heterocycles. The van der Waals surface area contributed by atoms with E-state index in [0.717, 1.165) is 5.82 Å². The maximum Gasteiger partial charge on any atom is 0.142 e. The maximum absolute atomic E-state index is 13.5. The number of hydrogen-bond acceptors (Lipinski definition) is 2. The Morgan fingerprint density at radius 1 is 1.53 bits per heavy atom. The van der Waals surface area contributed by atoms with Crippen LogP contribution >= 0.6 is 11.6 Å². The van der Waals surface area contributed by atoms with E-state index in [2.05, 4.69) is 10.9 Å². The molecule has 0 amide bonds. The molecule has 19 heavy (non-hydrogen) atoms. The molecule has 0 fully saturated rings. The quantitative estimate of drug-likeness (QED) is 0.876. The van der Waals surface area contributed by atoms with E-state index >= 15 is 0 Å². The molecule has 0 saturated heterocycles. The summed E-state index contributed by atoms with van der Waals surface area (Å²) in [6.07, 6.45) is 6.01. The summed E-state index contributed by atoms with van der Waals surface area (Å²) in [5, 5.41) is 0.0705. The van der Waals surface area contributed by atoms with Crippen molar-refractivity contribution in [2.45, 2.75) is 19.9 Å². The van der Waals surface area contributed by atoms with Crippen molar-refractivity contribution in [3.05, 3.63) is 34.9 Å². The Labute approximate surface area is 116 Å². The van der Waals surface area contributed by atoms with E-state index in [1.165, 1.54) is 12.1 Å². The van der Waals surface area contributed by atoms with Crippen LogP contribution in [0.25, 0.3) is 11.3 Å². The Hall–Kier alpha value is -1.99. The van der Waals surface area contributed by atoms with Crippen molar-refractivity contribution in [1.29, 1.82) is 0 Å². The molecule has 98 valence electrons. The predicted molar refractivity (Wildman–Crippen MR) is 75.3 cm³/mol. The van der Waals surface area contributed by atoms with Crippen LogP contribution in [0.2, 0.25) is 5.02 Å². The Morgan fingerprint density at radius 2 is 2.26 bits per heavy atom. The number of nitrogen functional groups attached to an aromatic ring is 1. The summed E-state index contributed by atoms with van der Waals surface area (Å²) in [6.45, 7) is 2.30. The number of aromatic nitrogens is 2. The number of rotatable bonds is 3. The van der Waals surface area contributed by atoms with Gasteiger partial charge in [-0.3, -0.25) is 0 Å². The van der Waals surface area contributed by atoms with Gasteiger partial charge in [0.15, 0.2) is 0 Å². The first-order valence-corrected chi connectivity index (χ1v) is 6.20. The lowest BCUT2D eigenvalue weighted by atomic mass is 10.1. The second kappa shape index (κ2) is 5.33. The molecule has 0 aliphatic carbocycles. The average Bonchev–Trinajstić information content (AvgIpc) is 2.71. The third kappa shape index (κ3) is 2.42. The molecule has 0 atom stereocenters. The van der Waals surface area contributed by atoms with Gasteiger partial charge in [0, 0.05) is 12.0 Å². The second-order valence-corrected chi connectivity index (χ2v) is 4.44. The molecule has 1 heterocycles. The summed E-state index contributed by atoms with van der Waals surface area (Å²) in [5.41, 5.74) is 7.15. The summed E-state index contributed by atoms with van der Waals surface area (Å²) in [4.78, 5) is 4.42. The number of anilines is 1. The van der Waals surface area contributed by atoms with Gasteiger partial charge in [0.2, 0.25) is 0 Å². The first-order valence-electron chi connectivity index (χ1n) is 5.82. The number of terminal acetylenes is 1. The van der Waals surface area contributed by atoms with E-state index in [1.807, 2.05) is 6.92 Å². The fourth-order valence-corrected chi connectivity index (χ4v) is 2.02. The van der Waals surface area contributed by atoms with Crippen LogP contribution < -0.4 is 5.73 Å². The summed E-state index contributed by atoms with van der Waals surface area (Å²) in [7, 11) is 0. The van der Waals surface area contributed by atoms with Crippen LogP contribution in [0, 0.1) is 18.2 Å². The van der Waals surface area contributed by atoms with Gasteiger partial charge in [0.25, 0.3) is 0 Å². The monoisotopic (exact) mass is 277 g/mol. The van der Waals surface area contributed by atoms with Gasteiger partial charge >= 0.3 is 0 Å². The number of benzene rings is 1. The molecule has 0 radical (unpaired) electrons. The fourth-order valence-electron chi connectivity index (χ4n) is 1.91. The smallest absolute Gasteiger partial charge is 0.142 e. The van der Waals surface area contributed by atoms with E-state index in [1.54, 1.807) is 10.6 Å². The second-order valence-electron chi connectivity index (χ2n) is 4.03. The number of halogens is 2. The van der Waals surface area contributed by atoms with Crippen LogP contribution in [0.5, 0.6) is 0 Å². The van der Waals surface area contributed by atoms with Gasteiger partial charge in [-0.25, -0.2) is 9.37 Å². The first kappa shape index (κ1) is 13.4. The van der Waals surface area contributed by atoms with Crippen molar-refractivity contribution < 1.29 is 4.39 Å². The van der Waals surface area contributed by atoms with Gasteiger partial charge in [0.05, 0.1) is 11.6 Å². The topological polar surface area (TPSA) is 43.8 Å². The molecular formula is C14H13ClFN3. The zero-order valence-electron chi connectivity index (χ0n) is 10.5. The lowest BCUT2D eigenvalue weighted by molar-refractivity contribution is 0.628. The van der Waals surface area contributed by atoms with E-state index in [9.17, 15) is 4.39 Å². The van der Waals surface area contributed by atoms with Crippen LogP contribution in [0.4, 0.5) is 10.2 Å². The molecule has 2 N–H and O–H groups in total. The van der Waals surface area contributed by atoms with Crippen molar-refractivity contribution in [3.8, 4) is 23.6 Å². The van der Waals surface area contributed by atoms with E-state index < -0.39 is 5.82 Å². The molecule has 0 spiro atoms. The van der Waals surface area contributed by atoms with Crippen molar-refractivity contribution >= 4 is 17.4 Å². The summed E-state index contributed by atoms with van der Waals surface area (Å²) < 4.78 is 15.2. The number of imidazole rings is 1. The van der Waals surface area contributed by atoms with Gasteiger partial charge in [-0.05, 0) is 12.1 Å². The average molecular weight is 278 g/mol. The van der Waals surface area contributed by atoms with E-state index in [4.69, 9.17) is 23.8 Å². The molecule has 0 saturated carbocycles. The van der Waals surface area contributed by atoms with Crippen LogP contribution in [-0.4, -0.2) is 9.55 Å². The molecule has 2 rings (SSSR count). The Morgan fingerprint density at radius 3 is 2.84 bits per heavy atom. The normalized spacial score (nSPS) is 10.4. The maximum atomic E-state index is 13.5. The van der Waals surface area contributed by atoms with Crippen molar-refractivity contribution in [2.24, 2.45) is 0 Å². The fraction of sp³-hybridized carbons (Fsp3) is 0.214. The number of aryl methyl sites for hydroxylation is 1. The van der Waals surface area contributed by atoms with E-state index in [0.29, 0.717) is 30.0 Å². The van der Waals surface area contributed by atoms with Crippen LogP contribution in [0.3, 0.4) is 0 Å². The molecule has 2 aromatic rings. The minimum absolute atomic E-state index is 0.0705. The molecule has 0 aliphatic heterocycles. The minimum Gasteiger partial charge on any atom is -0.383 e. The molecule has 0 unspecified atom stereocenters. The zero-order valence-corrected chi connectivity index (χ0v) is 11.2. The Kier molecular flexibility index (Phi) is 3.77. The summed E-state index contributed by atoms with van der Waals surface area (Å²) in [6, 6.07) is 4.49. The van der Waals surface area contributed by atoms with E-state index in [-0.39, 0.29) is 5.02 Å². The highest BCUT2D eigenvalue weighted by molar-refractivity contribution is 6.30. The summed E-state index contributed by atoms with van der Waals surface area (Å²) in [5.74, 6) is 3.26. The van der Waals surface area contributed by atoms with Crippen molar-refractivity contribution in [2.75, 3.05) is 5.73 Å². The third-order valence-electron chi connectivity index (χ3n) is 2.84. The van der Waals surface area contributed by atoms with Crippen molar-refractivity contribution in [3.63, 3.8) is 0 Å². The highest BCUT2D eigenvalue weighted by Gasteiger charge is 2.15. The lowest BCUT2D eigenvalue weighted by Crippen LogP contribution is -2.05. The Balaban J connectivity index is 2.56. The SMILES string of the molecule is C#CCn1c(CC)nc(-c2ccc(Cl)c(F)c2)c1N. The van der Waals surface area contributed by atoms with Crippen LogP contribution in [0.1, 0.15) is 12.7 Å². The molecule has 1 aromatic carbocycles. The van der Waals surface area contributed by atoms with Gasteiger partial charge in [-0.1, -0.05) is 30.5 Å². The van der Waals surface area contributed by atoms with Crippen LogP contribution in [-0.2, 0) is 13.0 Å². The zero-order chi connectivity index (χ0) is 14.0. The number of hydrogen-bond donors (Lipinski definition) is 1. The molecule has 0 aliphatic rings. The van der Waals surface area contributed by atoms with Crippen molar-refractivity contribution in [1.82, 2.24) is 9.55 Å². The van der Waals surface area contributed by atoms with Gasteiger partial charge < -0.3 is 10.3 Å². The highest BCUT2D eigenvalue weighted by Crippen LogP contribution is 2.29. The Bertz CT molecular complexity index is 655. The minimum atomic E-state index is -0.497.